The number of benzene rings is 1. The van der Waals surface area contributed by atoms with Crippen molar-refractivity contribution in [3.63, 3.8) is 0 Å². The van der Waals surface area contributed by atoms with E-state index in [-0.39, 0.29) is 25.0 Å². The molecule has 2 rings (SSSR count). The molecule has 1 aliphatic rings. The van der Waals surface area contributed by atoms with Crippen molar-refractivity contribution in [1.29, 1.82) is 0 Å². The lowest BCUT2D eigenvalue weighted by atomic mass is 9.99. The normalized spacial score (nSPS) is 17.5. The molecule has 1 aromatic rings. The number of likely N-dealkylation sites (N-methyl/N-ethyl adjacent to an activating group) is 1. The van der Waals surface area contributed by atoms with Gasteiger partial charge in [-0.2, -0.15) is 0 Å². The second-order valence-corrected chi connectivity index (χ2v) is 6.91. The minimum absolute atomic E-state index is 0. The van der Waals surface area contributed by atoms with Crippen LogP contribution in [-0.4, -0.2) is 53.1 Å². The summed E-state index contributed by atoms with van der Waals surface area (Å²) in [5, 5.41) is 10.4. The fourth-order valence-electron chi connectivity index (χ4n) is 3.35. The molecule has 4 nitrogen and oxygen atoms in total. The maximum atomic E-state index is 11.0. The molecule has 1 fully saturated rings. The number of nitrogens with zero attached hydrogens (tertiary/aromatic N) is 2. The number of carboxylic acid groups (broad SMARTS) is 1. The number of rotatable bonds is 6. The van der Waals surface area contributed by atoms with Crippen LogP contribution in [0, 0.1) is 0 Å². The van der Waals surface area contributed by atoms with Gasteiger partial charge in [0, 0.05) is 35.2 Å². The Morgan fingerprint density at radius 2 is 2.00 bits per heavy atom. The second-order valence-electron chi connectivity index (χ2n) is 6.07. The number of carboxylic acids is 1. The molecule has 1 saturated heterocycles. The number of piperidine rings is 1. The molecule has 0 spiro atoms. The Bertz CT molecular complexity index is 549. The molecule has 1 heterocycles. The summed E-state index contributed by atoms with van der Waals surface area (Å²) in [4.78, 5) is 15.4. The number of carbonyl (C=O) groups is 1. The zero-order valence-electron chi connectivity index (χ0n) is 14.0. The van der Waals surface area contributed by atoms with E-state index in [0.29, 0.717) is 16.1 Å². The molecule has 1 unspecified atom stereocenters. The lowest BCUT2D eigenvalue weighted by Crippen LogP contribution is -2.47. The highest BCUT2D eigenvalue weighted by molar-refractivity contribution is 6.35. The molecule has 0 saturated carbocycles. The van der Waals surface area contributed by atoms with Gasteiger partial charge in [0.2, 0.25) is 0 Å². The zero-order valence-corrected chi connectivity index (χ0v) is 16.4. The Balaban J connectivity index is 0.00000288. The largest absolute Gasteiger partial charge is 0.480 e. The first-order chi connectivity index (χ1) is 10.9. The van der Waals surface area contributed by atoms with Crippen LogP contribution in [0.15, 0.2) is 18.2 Å². The van der Waals surface area contributed by atoms with E-state index in [1.807, 2.05) is 19.1 Å². The highest BCUT2D eigenvalue weighted by Gasteiger charge is 2.28. The van der Waals surface area contributed by atoms with E-state index in [4.69, 9.17) is 28.3 Å². The number of aliphatic carboxylic acids is 1. The van der Waals surface area contributed by atoms with Gasteiger partial charge in [-0.25, -0.2) is 0 Å². The van der Waals surface area contributed by atoms with Crippen molar-refractivity contribution in [2.75, 3.05) is 26.2 Å². The van der Waals surface area contributed by atoms with E-state index in [1.54, 1.807) is 6.07 Å². The Morgan fingerprint density at radius 3 is 2.50 bits per heavy atom. The zero-order chi connectivity index (χ0) is 17.0. The first-order valence-corrected chi connectivity index (χ1v) is 8.82. The van der Waals surface area contributed by atoms with Gasteiger partial charge >= 0.3 is 5.97 Å². The van der Waals surface area contributed by atoms with Crippen LogP contribution in [0.5, 0.6) is 0 Å². The SMILES string of the molecule is CCN(CC(=O)O)C1CCN(C(C)c2ccc(Cl)cc2Cl)CC1.Cl. The average molecular weight is 396 g/mol. The monoisotopic (exact) mass is 394 g/mol. The van der Waals surface area contributed by atoms with Crippen molar-refractivity contribution in [3.8, 4) is 0 Å². The summed E-state index contributed by atoms with van der Waals surface area (Å²) in [6.45, 7) is 6.97. The van der Waals surface area contributed by atoms with Crippen LogP contribution in [0.4, 0.5) is 0 Å². The Hall–Kier alpha value is -0.520. The molecule has 0 radical (unpaired) electrons. The van der Waals surface area contributed by atoms with Crippen LogP contribution in [0.25, 0.3) is 0 Å². The summed E-state index contributed by atoms with van der Waals surface area (Å²) in [5.74, 6) is -0.754. The van der Waals surface area contributed by atoms with Gasteiger partial charge < -0.3 is 5.11 Å². The molecule has 0 bridgehead atoms. The number of halogens is 3. The van der Waals surface area contributed by atoms with Gasteiger partial charge in [-0.3, -0.25) is 14.6 Å². The Labute approximate surface area is 160 Å². The Kier molecular flexibility index (Phi) is 8.82. The number of hydrogen-bond donors (Lipinski definition) is 1. The third kappa shape index (κ3) is 5.50. The molecule has 7 heteroatoms. The molecule has 0 aromatic heterocycles. The van der Waals surface area contributed by atoms with Gasteiger partial charge in [0.1, 0.15) is 0 Å². The highest BCUT2D eigenvalue weighted by atomic mass is 35.5. The summed E-state index contributed by atoms with van der Waals surface area (Å²) in [7, 11) is 0. The van der Waals surface area contributed by atoms with Crippen LogP contribution < -0.4 is 0 Å². The van der Waals surface area contributed by atoms with E-state index in [2.05, 4.69) is 16.7 Å². The molecule has 1 aromatic carbocycles. The van der Waals surface area contributed by atoms with Gasteiger partial charge in [0.05, 0.1) is 6.54 Å². The molecule has 1 aliphatic heterocycles. The van der Waals surface area contributed by atoms with Crippen molar-refractivity contribution >= 4 is 41.6 Å². The maximum absolute atomic E-state index is 11.0. The third-order valence-corrected chi connectivity index (χ3v) is 5.28. The molecule has 0 amide bonds. The van der Waals surface area contributed by atoms with Crippen molar-refractivity contribution < 1.29 is 9.90 Å². The quantitative estimate of drug-likeness (QED) is 0.778. The summed E-state index contributed by atoms with van der Waals surface area (Å²) in [6, 6.07) is 6.23. The lowest BCUT2D eigenvalue weighted by Gasteiger charge is -2.40. The van der Waals surface area contributed by atoms with E-state index in [1.165, 1.54) is 0 Å². The maximum Gasteiger partial charge on any atom is 0.317 e. The number of likely N-dealkylation sites (tertiary alicyclic amines) is 1. The van der Waals surface area contributed by atoms with Crippen molar-refractivity contribution in [2.45, 2.75) is 38.8 Å². The fraction of sp³-hybridized carbons (Fsp3) is 0.588. The summed E-state index contributed by atoms with van der Waals surface area (Å²) in [6.07, 6.45) is 1.97. The molecule has 1 N–H and O–H groups in total. The highest BCUT2D eigenvalue weighted by Crippen LogP contribution is 2.31. The van der Waals surface area contributed by atoms with Crippen molar-refractivity contribution in [3.05, 3.63) is 33.8 Å². The smallest absolute Gasteiger partial charge is 0.317 e. The standard InChI is InChI=1S/C17H24Cl2N2O2.ClH/c1-3-20(11-17(22)23)14-6-8-21(9-7-14)12(2)15-5-4-13(18)10-16(15)19;/h4-5,10,12,14H,3,6-9,11H2,1-2H3,(H,22,23);1H. The van der Waals surface area contributed by atoms with E-state index in [0.717, 1.165) is 38.0 Å². The van der Waals surface area contributed by atoms with Crippen LogP contribution in [0.1, 0.15) is 38.3 Å². The van der Waals surface area contributed by atoms with Gasteiger partial charge in [-0.15, -0.1) is 12.4 Å². The van der Waals surface area contributed by atoms with Crippen LogP contribution in [0.3, 0.4) is 0 Å². The van der Waals surface area contributed by atoms with Crippen LogP contribution in [0.2, 0.25) is 10.0 Å². The minimum Gasteiger partial charge on any atom is -0.480 e. The van der Waals surface area contributed by atoms with Gasteiger partial charge in [-0.1, -0.05) is 36.2 Å². The van der Waals surface area contributed by atoms with Crippen molar-refractivity contribution in [2.24, 2.45) is 0 Å². The summed E-state index contributed by atoms with van der Waals surface area (Å²) < 4.78 is 0. The predicted molar refractivity (Wildman–Crippen MR) is 102 cm³/mol. The first-order valence-electron chi connectivity index (χ1n) is 8.07. The van der Waals surface area contributed by atoms with E-state index >= 15 is 0 Å². The molecule has 136 valence electrons. The second kappa shape index (κ2) is 9.83. The van der Waals surface area contributed by atoms with Gasteiger partial charge in [0.25, 0.3) is 0 Å². The topological polar surface area (TPSA) is 43.8 Å². The molecule has 24 heavy (non-hydrogen) atoms. The minimum atomic E-state index is -0.754. The molecule has 0 aliphatic carbocycles. The lowest BCUT2D eigenvalue weighted by molar-refractivity contribution is -0.139. The van der Waals surface area contributed by atoms with Gasteiger partial charge in [-0.05, 0) is 44.0 Å². The summed E-state index contributed by atoms with van der Waals surface area (Å²) >= 11 is 12.3. The van der Waals surface area contributed by atoms with Crippen molar-refractivity contribution in [1.82, 2.24) is 9.80 Å². The van der Waals surface area contributed by atoms with Crippen LogP contribution in [-0.2, 0) is 4.79 Å². The van der Waals surface area contributed by atoms with E-state index < -0.39 is 5.97 Å². The first kappa shape index (κ1) is 21.5. The third-order valence-electron chi connectivity index (χ3n) is 4.72. The van der Waals surface area contributed by atoms with Crippen LogP contribution >= 0.6 is 35.6 Å². The molecule has 1 atom stereocenters. The predicted octanol–water partition coefficient (Wildman–Crippen LogP) is 4.35. The summed E-state index contributed by atoms with van der Waals surface area (Å²) in [5.41, 5.74) is 1.09. The molecular weight excluding hydrogens is 371 g/mol. The fourth-order valence-corrected chi connectivity index (χ4v) is 3.91. The average Bonchev–Trinajstić information content (AvgIpc) is 2.52. The number of hydrogen-bond acceptors (Lipinski definition) is 3. The van der Waals surface area contributed by atoms with Gasteiger partial charge in [0.15, 0.2) is 0 Å². The van der Waals surface area contributed by atoms with E-state index in [9.17, 15) is 4.79 Å². The Morgan fingerprint density at radius 1 is 1.38 bits per heavy atom. The molecular formula is C17H25Cl3N2O2.